The fraction of sp³-hybridized carbons (Fsp3) is 0.167. The number of amides is 1. The first-order chi connectivity index (χ1) is 17.6. The van der Waals surface area contributed by atoms with Crippen LogP contribution >= 0.6 is 0 Å². The lowest BCUT2D eigenvalue weighted by Gasteiger charge is -2.15. The average Bonchev–Trinajstić information content (AvgIpc) is 3.37. The van der Waals surface area contributed by atoms with Crippen molar-refractivity contribution in [1.82, 2.24) is 19.9 Å². The molecule has 0 aliphatic heterocycles. The number of hydrogen-bond acceptors (Lipinski definition) is 4. The van der Waals surface area contributed by atoms with Crippen LogP contribution in [0.5, 0.6) is 5.75 Å². The maximum Gasteiger partial charge on any atom is 0.270 e. The quantitative estimate of drug-likeness (QED) is 0.306. The third kappa shape index (κ3) is 5.13. The Bertz CT molecular complexity index is 1480. The maximum absolute atomic E-state index is 13.3. The topological polar surface area (TPSA) is 68.5 Å². The van der Waals surface area contributed by atoms with Gasteiger partial charge in [-0.15, -0.1) is 0 Å². The molecule has 0 radical (unpaired) electrons. The van der Waals surface area contributed by atoms with Gasteiger partial charge in [-0.25, -0.2) is 9.50 Å². The van der Waals surface area contributed by atoms with E-state index in [4.69, 9.17) is 9.84 Å². The van der Waals surface area contributed by atoms with Gasteiger partial charge < -0.3 is 10.1 Å². The van der Waals surface area contributed by atoms with Gasteiger partial charge in [0.25, 0.3) is 5.91 Å². The molecule has 5 rings (SSSR count). The number of nitrogens with one attached hydrogen (secondary N) is 1. The van der Waals surface area contributed by atoms with Gasteiger partial charge in [0.15, 0.2) is 5.65 Å². The minimum absolute atomic E-state index is 0.000734. The van der Waals surface area contributed by atoms with Gasteiger partial charge in [-0.2, -0.15) is 5.10 Å². The van der Waals surface area contributed by atoms with Crippen molar-refractivity contribution in [3.8, 4) is 28.3 Å². The van der Waals surface area contributed by atoms with E-state index < -0.39 is 0 Å². The number of rotatable bonds is 8. The van der Waals surface area contributed by atoms with Crippen LogP contribution in [0.3, 0.4) is 0 Å². The van der Waals surface area contributed by atoms with Crippen molar-refractivity contribution in [3.63, 3.8) is 0 Å². The lowest BCUT2D eigenvalue weighted by molar-refractivity contribution is 0.0933. The van der Waals surface area contributed by atoms with Crippen LogP contribution in [0.2, 0.25) is 0 Å². The lowest BCUT2D eigenvalue weighted by Crippen LogP contribution is -2.33. The van der Waals surface area contributed by atoms with Crippen molar-refractivity contribution >= 4 is 11.6 Å². The van der Waals surface area contributed by atoms with Crippen molar-refractivity contribution in [2.45, 2.75) is 25.8 Å². The molecule has 1 atom stereocenters. The van der Waals surface area contributed by atoms with E-state index in [2.05, 4.69) is 22.4 Å². The lowest BCUT2D eigenvalue weighted by atomic mass is 10.1. The van der Waals surface area contributed by atoms with E-state index >= 15 is 0 Å². The summed E-state index contributed by atoms with van der Waals surface area (Å²) in [5.74, 6) is 0.526. The van der Waals surface area contributed by atoms with Crippen molar-refractivity contribution < 1.29 is 9.53 Å². The molecule has 0 aliphatic carbocycles. The molecule has 1 amide bonds. The average molecular weight is 477 g/mol. The van der Waals surface area contributed by atoms with Gasteiger partial charge >= 0.3 is 0 Å². The Kier molecular flexibility index (Phi) is 6.76. The molecule has 6 heteroatoms. The second-order valence-corrected chi connectivity index (χ2v) is 8.82. The first kappa shape index (κ1) is 23.3. The zero-order valence-corrected chi connectivity index (χ0v) is 20.4. The van der Waals surface area contributed by atoms with Crippen molar-refractivity contribution in [2.24, 2.45) is 0 Å². The first-order valence-electron chi connectivity index (χ1n) is 12.1. The zero-order chi connectivity index (χ0) is 24.9. The van der Waals surface area contributed by atoms with Crippen molar-refractivity contribution in [2.75, 3.05) is 7.11 Å². The summed E-state index contributed by atoms with van der Waals surface area (Å²) < 4.78 is 7.22. The molecular formula is C30H28N4O2. The molecule has 6 nitrogen and oxygen atoms in total. The fourth-order valence-corrected chi connectivity index (χ4v) is 4.23. The number of hydrogen-bond donors (Lipinski definition) is 1. The number of nitrogens with zero attached hydrogens (tertiary/aromatic N) is 3. The number of carbonyl (C=O) groups is 1. The number of aryl methyl sites for hydroxylation is 1. The summed E-state index contributed by atoms with van der Waals surface area (Å²) in [6.07, 6.45) is 1.73. The number of benzene rings is 3. The highest BCUT2D eigenvalue weighted by molar-refractivity contribution is 5.94. The van der Waals surface area contributed by atoms with Crippen LogP contribution in [0.4, 0.5) is 0 Å². The van der Waals surface area contributed by atoms with E-state index in [1.54, 1.807) is 17.7 Å². The predicted octanol–water partition coefficient (Wildman–Crippen LogP) is 5.82. The van der Waals surface area contributed by atoms with Gasteiger partial charge in [0.1, 0.15) is 11.4 Å². The molecular weight excluding hydrogens is 448 g/mol. The van der Waals surface area contributed by atoms with Crippen LogP contribution in [0.25, 0.3) is 28.2 Å². The van der Waals surface area contributed by atoms with Gasteiger partial charge in [0, 0.05) is 23.2 Å². The Hall–Kier alpha value is -4.45. The molecule has 0 fully saturated rings. The second kappa shape index (κ2) is 10.4. The SMILES string of the molecule is COc1cccc(-c2cc(C(=O)N[C@H](C)CCc3ccccc3)nc3cc(-c4ccccc4)nn23)c1. The molecule has 0 unspecified atom stereocenters. The van der Waals surface area contributed by atoms with Gasteiger partial charge in [0.05, 0.1) is 18.5 Å². The standard InChI is InChI=1S/C30H28N4O2/c1-21(16-17-22-10-5-3-6-11-22)31-30(35)27-19-28(24-14-9-15-25(18-24)36-2)34-29(32-27)20-26(33-34)23-12-7-4-8-13-23/h3-15,18-21H,16-17H2,1-2H3,(H,31,35)/t21-/m1/s1. The first-order valence-corrected chi connectivity index (χ1v) is 12.1. The number of methoxy groups -OCH3 is 1. The predicted molar refractivity (Wildman–Crippen MR) is 142 cm³/mol. The number of fused-ring (bicyclic) bond motifs is 1. The van der Waals surface area contributed by atoms with E-state index in [1.165, 1.54) is 5.56 Å². The minimum atomic E-state index is -0.204. The highest BCUT2D eigenvalue weighted by Crippen LogP contribution is 2.27. The summed E-state index contributed by atoms with van der Waals surface area (Å²) >= 11 is 0. The molecule has 2 aromatic heterocycles. The van der Waals surface area contributed by atoms with Crippen LogP contribution in [-0.2, 0) is 6.42 Å². The van der Waals surface area contributed by atoms with Gasteiger partial charge in [0.2, 0.25) is 0 Å². The summed E-state index contributed by atoms with van der Waals surface area (Å²) in [5.41, 5.74) is 5.65. The molecule has 0 aliphatic rings. The Morgan fingerprint density at radius 1 is 0.917 bits per heavy atom. The summed E-state index contributed by atoms with van der Waals surface area (Å²) in [6.45, 7) is 2.02. The van der Waals surface area contributed by atoms with Crippen LogP contribution < -0.4 is 10.1 Å². The Labute approximate surface area is 210 Å². The Balaban J connectivity index is 1.48. The zero-order valence-electron chi connectivity index (χ0n) is 20.4. The van der Waals surface area contributed by atoms with E-state index in [-0.39, 0.29) is 11.9 Å². The van der Waals surface area contributed by atoms with Gasteiger partial charge in [-0.3, -0.25) is 4.79 Å². The number of ether oxygens (including phenoxy) is 1. The third-order valence-corrected chi connectivity index (χ3v) is 6.18. The van der Waals surface area contributed by atoms with Crippen molar-refractivity contribution in [3.05, 3.63) is 108 Å². The molecule has 0 spiro atoms. The monoisotopic (exact) mass is 476 g/mol. The fourth-order valence-electron chi connectivity index (χ4n) is 4.23. The molecule has 5 aromatic rings. The van der Waals surface area contributed by atoms with E-state index in [0.29, 0.717) is 11.3 Å². The van der Waals surface area contributed by atoms with E-state index in [0.717, 1.165) is 41.1 Å². The highest BCUT2D eigenvalue weighted by atomic mass is 16.5. The van der Waals surface area contributed by atoms with Crippen LogP contribution in [0.15, 0.2) is 97.1 Å². The van der Waals surface area contributed by atoms with Gasteiger partial charge in [-0.05, 0) is 43.5 Å². The second-order valence-electron chi connectivity index (χ2n) is 8.82. The summed E-state index contributed by atoms with van der Waals surface area (Å²) in [6, 6.07) is 31.7. The minimum Gasteiger partial charge on any atom is -0.497 e. The molecule has 0 saturated carbocycles. The van der Waals surface area contributed by atoms with E-state index in [1.807, 2.05) is 85.8 Å². The summed E-state index contributed by atoms with van der Waals surface area (Å²) in [5, 5.41) is 7.94. The van der Waals surface area contributed by atoms with Crippen LogP contribution in [0.1, 0.15) is 29.4 Å². The molecule has 0 saturated heterocycles. The highest BCUT2D eigenvalue weighted by Gasteiger charge is 2.18. The summed E-state index contributed by atoms with van der Waals surface area (Å²) in [4.78, 5) is 17.9. The van der Waals surface area contributed by atoms with Crippen LogP contribution in [-0.4, -0.2) is 33.7 Å². The molecule has 1 N–H and O–H groups in total. The molecule has 0 bridgehead atoms. The normalized spacial score (nSPS) is 11.8. The van der Waals surface area contributed by atoms with Crippen molar-refractivity contribution in [1.29, 1.82) is 0 Å². The molecule has 2 heterocycles. The Morgan fingerprint density at radius 2 is 1.64 bits per heavy atom. The van der Waals surface area contributed by atoms with Gasteiger partial charge in [-0.1, -0.05) is 72.8 Å². The summed E-state index contributed by atoms with van der Waals surface area (Å²) in [7, 11) is 1.64. The number of carbonyl (C=O) groups excluding carboxylic acids is 1. The smallest absolute Gasteiger partial charge is 0.270 e. The maximum atomic E-state index is 13.3. The number of aromatic nitrogens is 3. The van der Waals surface area contributed by atoms with Crippen LogP contribution in [0, 0.1) is 0 Å². The molecule has 36 heavy (non-hydrogen) atoms. The Morgan fingerprint density at radius 3 is 2.39 bits per heavy atom. The third-order valence-electron chi connectivity index (χ3n) is 6.18. The molecule has 180 valence electrons. The largest absolute Gasteiger partial charge is 0.497 e. The molecule has 3 aromatic carbocycles. The van der Waals surface area contributed by atoms with E-state index in [9.17, 15) is 4.79 Å².